The van der Waals surface area contributed by atoms with Crippen LogP contribution in [0.5, 0.6) is 0 Å². The molecular formula is C16H17N3OS. The Balaban J connectivity index is 1.95. The minimum absolute atomic E-state index is 0.0860. The zero-order valence-corrected chi connectivity index (χ0v) is 12.6. The van der Waals surface area contributed by atoms with Crippen LogP contribution < -0.4 is 11.1 Å². The Morgan fingerprint density at radius 1 is 1.43 bits per heavy atom. The minimum atomic E-state index is -0.201. The van der Waals surface area contributed by atoms with Gasteiger partial charge in [0.15, 0.2) is 0 Å². The van der Waals surface area contributed by atoms with Crippen LogP contribution in [-0.2, 0) is 4.79 Å². The second-order valence-electron chi connectivity index (χ2n) is 4.94. The summed E-state index contributed by atoms with van der Waals surface area (Å²) in [5.74, 6) is -0.287. The molecule has 1 aromatic heterocycles. The first-order chi connectivity index (χ1) is 10.1. The number of anilines is 1. The molecule has 0 saturated carbocycles. The van der Waals surface area contributed by atoms with E-state index in [-0.39, 0.29) is 17.9 Å². The lowest BCUT2D eigenvalue weighted by molar-refractivity contribution is -0.119. The minimum Gasteiger partial charge on any atom is -0.326 e. The molecule has 1 amide bonds. The first-order valence-electron chi connectivity index (χ1n) is 6.70. The SMILES string of the molecule is C[C@@H](C[C@@H](N)c1cccs1)C(=O)Nc1cccc(C#N)c1. The summed E-state index contributed by atoms with van der Waals surface area (Å²) in [5.41, 5.74) is 7.26. The van der Waals surface area contributed by atoms with Crippen LogP contribution in [0.1, 0.15) is 29.8 Å². The Morgan fingerprint density at radius 2 is 2.24 bits per heavy atom. The number of carbonyl (C=O) groups excluding carboxylic acids is 1. The number of thiophene rings is 1. The van der Waals surface area contributed by atoms with Crippen molar-refractivity contribution in [3.63, 3.8) is 0 Å². The molecule has 0 aliphatic carbocycles. The Bertz CT molecular complexity index is 646. The van der Waals surface area contributed by atoms with Crippen molar-refractivity contribution in [2.24, 2.45) is 11.7 Å². The Morgan fingerprint density at radius 3 is 2.90 bits per heavy atom. The van der Waals surface area contributed by atoms with Gasteiger partial charge in [0.25, 0.3) is 0 Å². The third kappa shape index (κ3) is 4.15. The molecule has 4 nitrogen and oxygen atoms in total. The van der Waals surface area contributed by atoms with Gasteiger partial charge in [0, 0.05) is 22.5 Å². The Kier molecular flexibility index (Phi) is 5.09. The summed E-state index contributed by atoms with van der Waals surface area (Å²) in [7, 11) is 0. The number of amides is 1. The quantitative estimate of drug-likeness (QED) is 0.889. The first-order valence-corrected chi connectivity index (χ1v) is 7.58. The largest absolute Gasteiger partial charge is 0.326 e. The molecule has 0 aliphatic heterocycles. The number of carbonyl (C=O) groups is 1. The first kappa shape index (κ1) is 15.2. The maximum absolute atomic E-state index is 12.2. The van der Waals surface area contributed by atoms with E-state index in [1.54, 1.807) is 35.6 Å². The van der Waals surface area contributed by atoms with E-state index in [1.165, 1.54) is 0 Å². The van der Waals surface area contributed by atoms with Crippen LogP contribution in [0.4, 0.5) is 5.69 Å². The molecule has 0 aliphatic rings. The van der Waals surface area contributed by atoms with Crippen molar-refractivity contribution in [3.05, 3.63) is 52.2 Å². The van der Waals surface area contributed by atoms with E-state index in [2.05, 4.69) is 11.4 Å². The fourth-order valence-corrected chi connectivity index (χ4v) is 2.78. The highest BCUT2D eigenvalue weighted by molar-refractivity contribution is 7.10. The second-order valence-corrected chi connectivity index (χ2v) is 5.92. The second kappa shape index (κ2) is 7.02. The summed E-state index contributed by atoms with van der Waals surface area (Å²) in [5, 5.41) is 13.7. The maximum Gasteiger partial charge on any atom is 0.227 e. The number of nitrogens with one attached hydrogen (secondary N) is 1. The van der Waals surface area contributed by atoms with Gasteiger partial charge in [-0.2, -0.15) is 5.26 Å². The van der Waals surface area contributed by atoms with Gasteiger partial charge < -0.3 is 11.1 Å². The molecule has 2 aromatic rings. The number of hydrogen-bond donors (Lipinski definition) is 2. The van der Waals surface area contributed by atoms with E-state index in [0.717, 1.165) is 4.88 Å². The molecule has 3 N–H and O–H groups in total. The van der Waals surface area contributed by atoms with Crippen LogP contribution in [0.3, 0.4) is 0 Å². The van der Waals surface area contributed by atoms with Crippen LogP contribution in [0, 0.1) is 17.2 Å². The summed E-state index contributed by atoms with van der Waals surface area (Å²) in [6.45, 7) is 1.86. The smallest absolute Gasteiger partial charge is 0.227 e. The number of nitriles is 1. The van der Waals surface area contributed by atoms with Crippen molar-refractivity contribution >= 4 is 22.9 Å². The van der Waals surface area contributed by atoms with Gasteiger partial charge in [-0.3, -0.25) is 4.79 Å². The van der Waals surface area contributed by atoms with Crippen molar-refractivity contribution in [2.75, 3.05) is 5.32 Å². The number of nitrogens with zero attached hydrogens (tertiary/aromatic N) is 1. The average molecular weight is 299 g/mol. The summed E-state index contributed by atoms with van der Waals surface area (Å²) in [6, 6.07) is 12.7. The molecule has 0 unspecified atom stereocenters. The predicted molar refractivity (Wildman–Crippen MR) is 84.8 cm³/mol. The summed E-state index contributed by atoms with van der Waals surface area (Å²) in [4.78, 5) is 13.3. The van der Waals surface area contributed by atoms with Gasteiger partial charge >= 0.3 is 0 Å². The molecule has 0 bridgehead atoms. The van der Waals surface area contributed by atoms with E-state index < -0.39 is 0 Å². The van der Waals surface area contributed by atoms with E-state index >= 15 is 0 Å². The monoisotopic (exact) mass is 299 g/mol. The van der Waals surface area contributed by atoms with Crippen LogP contribution in [-0.4, -0.2) is 5.91 Å². The molecule has 0 fully saturated rings. The third-order valence-electron chi connectivity index (χ3n) is 3.22. The highest BCUT2D eigenvalue weighted by Gasteiger charge is 2.18. The van der Waals surface area contributed by atoms with E-state index in [1.807, 2.05) is 24.4 Å². The highest BCUT2D eigenvalue weighted by atomic mass is 32.1. The van der Waals surface area contributed by atoms with Gasteiger partial charge in [-0.15, -0.1) is 11.3 Å². The van der Waals surface area contributed by atoms with E-state index in [4.69, 9.17) is 11.0 Å². The Hall–Kier alpha value is -2.16. The van der Waals surface area contributed by atoms with Gasteiger partial charge in [-0.25, -0.2) is 0 Å². The van der Waals surface area contributed by atoms with Gasteiger partial charge in [-0.1, -0.05) is 19.1 Å². The fraction of sp³-hybridized carbons (Fsp3) is 0.250. The molecular weight excluding hydrogens is 282 g/mol. The standard InChI is InChI=1S/C16H17N3OS/c1-11(8-14(18)15-6-3-7-21-15)16(20)19-13-5-2-4-12(9-13)10-17/h2-7,9,11,14H,8,18H2,1H3,(H,19,20)/t11-,14+/m0/s1. The molecule has 0 saturated heterocycles. The Labute approximate surface area is 128 Å². The lowest BCUT2D eigenvalue weighted by atomic mass is 10.0. The number of hydrogen-bond acceptors (Lipinski definition) is 4. The van der Waals surface area contributed by atoms with E-state index in [0.29, 0.717) is 17.7 Å². The van der Waals surface area contributed by atoms with Gasteiger partial charge in [0.05, 0.1) is 11.6 Å². The molecule has 1 heterocycles. The van der Waals surface area contributed by atoms with Crippen LogP contribution in [0.15, 0.2) is 41.8 Å². The van der Waals surface area contributed by atoms with Gasteiger partial charge in [0.2, 0.25) is 5.91 Å². The summed E-state index contributed by atoms with van der Waals surface area (Å²) in [6.07, 6.45) is 0.588. The van der Waals surface area contributed by atoms with Crippen molar-refractivity contribution in [1.82, 2.24) is 0 Å². The normalized spacial score (nSPS) is 13.2. The predicted octanol–water partition coefficient (Wildman–Crippen LogP) is 3.28. The van der Waals surface area contributed by atoms with Crippen molar-refractivity contribution in [3.8, 4) is 6.07 Å². The number of rotatable bonds is 5. The van der Waals surface area contributed by atoms with Crippen molar-refractivity contribution < 1.29 is 4.79 Å². The molecule has 2 atom stereocenters. The van der Waals surface area contributed by atoms with Crippen LogP contribution in [0.25, 0.3) is 0 Å². The van der Waals surface area contributed by atoms with E-state index in [9.17, 15) is 4.79 Å². The zero-order chi connectivity index (χ0) is 15.2. The summed E-state index contributed by atoms with van der Waals surface area (Å²) >= 11 is 1.60. The molecule has 0 spiro atoms. The van der Waals surface area contributed by atoms with Gasteiger partial charge in [-0.05, 0) is 36.1 Å². The molecule has 0 radical (unpaired) electrons. The van der Waals surface area contributed by atoms with Crippen molar-refractivity contribution in [2.45, 2.75) is 19.4 Å². The lowest BCUT2D eigenvalue weighted by Crippen LogP contribution is -2.24. The van der Waals surface area contributed by atoms with Crippen molar-refractivity contribution in [1.29, 1.82) is 5.26 Å². The molecule has 1 aromatic carbocycles. The number of nitrogens with two attached hydrogens (primary N) is 1. The zero-order valence-electron chi connectivity index (χ0n) is 11.7. The maximum atomic E-state index is 12.2. The number of benzene rings is 1. The molecule has 21 heavy (non-hydrogen) atoms. The highest BCUT2D eigenvalue weighted by Crippen LogP contribution is 2.23. The average Bonchev–Trinajstić information content (AvgIpc) is 3.01. The topological polar surface area (TPSA) is 78.9 Å². The lowest BCUT2D eigenvalue weighted by Gasteiger charge is -2.16. The third-order valence-corrected chi connectivity index (χ3v) is 4.23. The molecule has 2 rings (SSSR count). The summed E-state index contributed by atoms with van der Waals surface area (Å²) < 4.78 is 0. The molecule has 108 valence electrons. The molecule has 5 heteroatoms. The van der Waals surface area contributed by atoms with Crippen LogP contribution >= 0.6 is 11.3 Å². The van der Waals surface area contributed by atoms with Crippen LogP contribution in [0.2, 0.25) is 0 Å². The van der Waals surface area contributed by atoms with Gasteiger partial charge in [0.1, 0.15) is 0 Å². The fourth-order valence-electron chi connectivity index (χ4n) is 2.04.